The highest BCUT2D eigenvalue weighted by Gasteiger charge is 2.35. The average molecular weight is 262 g/mol. The highest BCUT2D eigenvalue weighted by Crippen LogP contribution is 2.42. The van der Waals surface area contributed by atoms with Crippen LogP contribution in [-0.4, -0.2) is 36.5 Å². The van der Waals surface area contributed by atoms with Gasteiger partial charge in [-0.05, 0) is 56.9 Å². The van der Waals surface area contributed by atoms with Crippen molar-refractivity contribution in [2.24, 2.45) is 17.8 Å². The molecular formula is C16H26N2O. The quantitative estimate of drug-likeness (QED) is 0.744. The molecule has 3 heteroatoms. The molecule has 0 spiro atoms. The van der Waals surface area contributed by atoms with Crippen molar-refractivity contribution in [3.63, 3.8) is 0 Å². The molecule has 2 bridgehead atoms. The first-order valence-electron chi connectivity index (χ1n) is 7.92. The second-order valence-electron chi connectivity index (χ2n) is 6.62. The number of nitrogens with zero attached hydrogens (tertiary/aromatic N) is 1. The largest absolute Gasteiger partial charge is 0.343 e. The average Bonchev–Trinajstić information content (AvgIpc) is 3.10. The zero-order valence-corrected chi connectivity index (χ0v) is 12.0. The highest BCUT2D eigenvalue weighted by atomic mass is 16.2. The lowest BCUT2D eigenvalue weighted by atomic mass is 9.93. The molecule has 0 unspecified atom stereocenters. The summed E-state index contributed by atoms with van der Waals surface area (Å²) in [6, 6.07) is 0.525. The summed E-state index contributed by atoms with van der Waals surface area (Å²) in [4.78, 5) is 13.6. The van der Waals surface area contributed by atoms with Crippen LogP contribution in [0.4, 0.5) is 0 Å². The summed E-state index contributed by atoms with van der Waals surface area (Å²) in [5.41, 5.74) is 0. The summed E-state index contributed by atoms with van der Waals surface area (Å²) in [5.74, 6) is 2.91. The van der Waals surface area contributed by atoms with E-state index in [9.17, 15) is 4.79 Å². The van der Waals surface area contributed by atoms with Gasteiger partial charge in [-0.1, -0.05) is 12.2 Å². The highest BCUT2D eigenvalue weighted by molar-refractivity contribution is 5.77. The standard InChI is InChI=1S/C16H26N2O/c1-12(6-8-18-7-2-3-16(18)19)17-11-15-10-13-4-5-14(15)9-13/h4-5,12-15,17H,2-3,6-11H2,1H3/t12-,13+,14+,15-/m1/s1. The Morgan fingerprint density at radius 1 is 1.42 bits per heavy atom. The van der Waals surface area contributed by atoms with Gasteiger partial charge in [0.25, 0.3) is 0 Å². The summed E-state index contributed by atoms with van der Waals surface area (Å²) < 4.78 is 0. The van der Waals surface area contributed by atoms with Gasteiger partial charge in [0, 0.05) is 25.6 Å². The van der Waals surface area contributed by atoms with Crippen molar-refractivity contribution in [1.82, 2.24) is 10.2 Å². The molecule has 19 heavy (non-hydrogen) atoms. The maximum atomic E-state index is 11.5. The number of hydrogen-bond acceptors (Lipinski definition) is 2. The fraction of sp³-hybridized carbons (Fsp3) is 0.812. The Labute approximate surface area is 116 Å². The number of carbonyl (C=O) groups is 1. The van der Waals surface area contributed by atoms with Crippen molar-refractivity contribution in [3.8, 4) is 0 Å². The number of amides is 1. The summed E-state index contributed by atoms with van der Waals surface area (Å²) in [6.45, 7) is 5.32. The van der Waals surface area contributed by atoms with Gasteiger partial charge in [0.1, 0.15) is 0 Å². The normalized spacial score (nSPS) is 34.5. The lowest BCUT2D eigenvalue weighted by Crippen LogP contribution is -2.36. The Balaban J connectivity index is 1.34. The lowest BCUT2D eigenvalue weighted by Gasteiger charge is -2.23. The molecule has 0 aromatic rings. The van der Waals surface area contributed by atoms with Crippen LogP contribution in [0.5, 0.6) is 0 Å². The number of likely N-dealkylation sites (tertiary alicyclic amines) is 1. The molecule has 1 saturated carbocycles. The zero-order valence-electron chi connectivity index (χ0n) is 12.0. The predicted molar refractivity (Wildman–Crippen MR) is 76.7 cm³/mol. The molecule has 3 aliphatic rings. The molecule has 1 N–H and O–H groups in total. The molecule has 2 aliphatic carbocycles. The molecule has 106 valence electrons. The van der Waals surface area contributed by atoms with E-state index in [1.165, 1.54) is 12.8 Å². The molecule has 1 aliphatic heterocycles. The van der Waals surface area contributed by atoms with Crippen LogP contribution in [0.3, 0.4) is 0 Å². The van der Waals surface area contributed by atoms with Gasteiger partial charge in [-0.3, -0.25) is 4.79 Å². The molecule has 1 saturated heterocycles. The Kier molecular flexibility index (Phi) is 3.92. The van der Waals surface area contributed by atoms with E-state index in [0.29, 0.717) is 11.9 Å². The molecule has 1 heterocycles. The Morgan fingerprint density at radius 3 is 2.95 bits per heavy atom. The van der Waals surface area contributed by atoms with E-state index in [2.05, 4.69) is 24.4 Å². The van der Waals surface area contributed by atoms with Crippen molar-refractivity contribution in [2.45, 2.75) is 45.1 Å². The van der Waals surface area contributed by atoms with Crippen LogP contribution in [0.25, 0.3) is 0 Å². The predicted octanol–water partition coefficient (Wildman–Crippen LogP) is 2.19. The van der Waals surface area contributed by atoms with E-state index in [1.54, 1.807) is 0 Å². The minimum atomic E-state index is 0.352. The minimum absolute atomic E-state index is 0.352. The first kappa shape index (κ1) is 13.2. The number of hydrogen-bond donors (Lipinski definition) is 1. The van der Waals surface area contributed by atoms with Crippen LogP contribution >= 0.6 is 0 Å². The number of fused-ring (bicyclic) bond motifs is 2. The molecule has 0 radical (unpaired) electrons. The first-order valence-corrected chi connectivity index (χ1v) is 7.92. The molecule has 0 aromatic heterocycles. The van der Waals surface area contributed by atoms with Gasteiger partial charge < -0.3 is 10.2 Å². The third kappa shape index (κ3) is 3.02. The monoisotopic (exact) mass is 262 g/mol. The fourth-order valence-corrected chi connectivity index (χ4v) is 3.87. The number of nitrogens with one attached hydrogen (secondary N) is 1. The summed E-state index contributed by atoms with van der Waals surface area (Å²) in [5, 5.41) is 3.68. The lowest BCUT2D eigenvalue weighted by molar-refractivity contribution is -0.127. The van der Waals surface area contributed by atoms with Crippen LogP contribution in [0.2, 0.25) is 0 Å². The first-order chi connectivity index (χ1) is 9.22. The van der Waals surface area contributed by atoms with Crippen molar-refractivity contribution >= 4 is 5.91 Å². The molecule has 1 amide bonds. The summed E-state index contributed by atoms with van der Waals surface area (Å²) >= 11 is 0. The van der Waals surface area contributed by atoms with Crippen LogP contribution in [0.1, 0.15) is 39.0 Å². The van der Waals surface area contributed by atoms with Crippen LogP contribution in [-0.2, 0) is 4.79 Å². The van der Waals surface area contributed by atoms with E-state index < -0.39 is 0 Å². The third-order valence-electron chi connectivity index (χ3n) is 5.15. The van der Waals surface area contributed by atoms with Gasteiger partial charge in [0.15, 0.2) is 0 Å². The Bertz CT molecular complexity index is 366. The molecule has 3 rings (SSSR count). The summed E-state index contributed by atoms with van der Waals surface area (Å²) in [6.07, 6.45) is 10.5. The number of allylic oxidation sites excluding steroid dienone is 2. The maximum absolute atomic E-state index is 11.5. The van der Waals surface area contributed by atoms with Crippen LogP contribution in [0.15, 0.2) is 12.2 Å². The van der Waals surface area contributed by atoms with Crippen molar-refractivity contribution < 1.29 is 4.79 Å². The summed E-state index contributed by atoms with van der Waals surface area (Å²) in [7, 11) is 0. The Hall–Kier alpha value is -0.830. The smallest absolute Gasteiger partial charge is 0.222 e. The topological polar surface area (TPSA) is 32.3 Å². The molecule has 0 aromatic carbocycles. The molecule has 3 nitrogen and oxygen atoms in total. The van der Waals surface area contributed by atoms with Gasteiger partial charge in [-0.2, -0.15) is 0 Å². The van der Waals surface area contributed by atoms with Gasteiger partial charge >= 0.3 is 0 Å². The minimum Gasteiger partial charge on any atom is -0.343 e. The molecular weight excluding hydrogens is 236 g/mol. The van der Waals surface area contributed by atoms with Crippen LogP contribution in [0, 0.1) is 17.8 Å². The van der Waals surface area contributed by atoms with Crippen molar-refractivity contribution in [1.29, 1.82) is 0 Å². The van der Waals surface area contributed by atoms with Crippen LogP contribution < -0.4 is 5.32 Å². The number of carbonyl (C=O) groups excluding carboxylic acids is 1. The van der Waals surface area contributed by atoms with Gasteiger partial charge in [0.2, 0.25) is 5.91 Å². The zero-order chi connectivity index (χ0) is 13.2. The van der Waals surface area contributed by atoms with E-state index >= 15 is 0 Å². The third-order valence-corrected chi connectivity index (χ3v) is 5.15. The fourth-order valence-electron chi connectivity index (χ4n) is 3.87. The maximum Gasteiger partial charge on any atom is 0.222 e. The van der Waals surface area contributed by atoms with Gasteiger partial charge in [-0.25, -0.2) is 0 Å². The van der Waals surface area contributed by atoms with E-state index in [1.807, 2.05) is 4.90 Å². The number of rotatable bonds is 6. The van der Waals surface area contributed by atoms with Gasteiger partial charge in [-0.15, -0.1) is 0 Å². The second kappa shape index (κ2) is 5.66. The molecule has 2 fully saturated rings. The van der Waals surface area contributed by atoms with E-state index in [-0.39, 0.29) is 0 Å². The molecule has 4 atom stereocenters. The van der Waals surface area contributed by atoms with E-state index in [0.717, 1.165) is 56.7 Å². The van der Waals surface area contributed by atoms with Crippen molar-refractivity contribution in [3.05, 3.63) is 12.2 Å². The van der Waals surface area contributed by atoms with Gasteiger partial charge in [0.05, 0.1) is 0 Å². The SMILES string of the molecule is C[C@H](CCN1CCCC1=O)NC[C@H]1C[C@H]2C=C[C@H]1C2. The second-order valence-corrected chi connectivity index (χ2v) is 6.62. The van der Waals surface area contributed by atoms with E-state index in [4.69, 9.17) is 0 Å². The Morgan fingerprint density at radius 2 is 2.32 bits per heavy atom. The van der Waals surface area contributed by atoms with Crippen molar-refractivity contribution in [2.75, 3.05) is 19.6 Å².